The molecule has 0 amide bonds. The van der Waals surface area contributed by atoms with E-state index in [1.807, 2.05) is 155 Å². The Kier molecular flexibility index (Phi) is 62.0. The quantitative estimate of drug-likeness (QED) is 0.00484. The molecule has 2 fully saturated rings. The van der Waals surface area contributed by atoms with Crippen molar-refractivity contribution < 1.29 is 38.9 Å². The molecule has 7 atom stereocenters. The van der Waals surface area contributed by atoms with Crippen molar-refractivity contribution >= 4 is 53.1 Å². The van der Waals surface area contributed by atoms with Gasteiger partial charge in [0.05, 0.1) is 37.5 Å². The van der Waals surface area contributed by atoms with Gasteiger partial charge in [0.2, 0.25) is 0 Å². The largest absolute Gasteiger partial charge is 0.483 e. The molecule has 0 radical (unpaired) electrons. The lowest BCUT2D eigenvalue weighted by molar-refractivity contribution is -0.356. The van der Waals surface area contributed by atoms with Gasteiger partial charge in [-0.05, 0) is 163 Å². The number of carbonyl (C=O) groups excluding carboxylic acids is 3. The molecule has 0 bridgehead atoms. The van der Waals surface area contributed by atoms with Gasteiger partial charge in [0, 0.05) is 78.7 Å². The maximum absolute atomic E-state index is 12.4. The van der Waals surface area contributed by atoms with Gasteiger partial charge >= 0.3 is 0 Å². The van der Waals surface area contributed by atoms with Gasteiger partial charge in [0.25, 0.3) is 6.47 Å². The average Bonchev–Trinajstić information content (AvgIpc) is 1.59. The smallest absolute Gasteiger partial charge is 0.290 e. The van der Waals surface area contributed by atoms with E-state index >= 15 is 0 Å². The van der Waals surface area contributed by atoms with Gasteiger partial charge in [-0.15, -0.1) is 30.3 Å². The Morgan fingerprint density at radius 2 is 1.41 bits per heavy atom. The van der Waals surface area contributed by atoms with Gasteiger partial charge < -0.3 is 41.2 Å². The van der Waals surface area contributed by atoms with Crippen LogP contribution in [0.3, 0.4) is 0 Å². The zero-order chi connectivity index (χ0) is 75.6. The van der Waals surface area contributed by atoms with Crippen molar-refractivity contribution in [3.05, 3.63) is 124 Å². The van der Waals surface area contributed by atoms with Crippen molar-refractivity contribution in [2.75, 3.05) is 49.7 Å². The summed E-state index contributed by atoms with van der Waals surface area (Å²) in [5.41, 5.74) is 25.9. The number of ether oxygens (including phenoxy) is 1. The Labute approximate surface area is 602 Å². The molecular formula is C81H140N8O8S. The number of hydroxylamine groups is 2. The number of Topliss-reactive ketones (excluding diaryl/α,β-unsaturated/α-hetero) is 2. The normalized spacial score (nSPS) is 17.3. The van der Waals surface area contributed by atoms with Crippen molar-refractivity contribution in [1.82, 2.24) is 26.1 Å². The van der Waals surface area contributed by atoms with E-state index in [-0.39, 0.29) is 24.3 Å². The third-order valence-electron chi connectivity index (χ3n) is 16.1. The van der Waals surface area contributed by atoms with Crippen molar-refractivity contribution in [1.29, 1.82) is 0 Å². The number of nitrogen functional groups attached to an aromatic ring is 1. The predicted molar refractivity (Wildman–Crippen MR) is 422 cm³/mol. The number of ketones is 2. The number of nitrogens with one attached hydrogen (secondary N) is 5. The lowest BCUT2D eigenvalue weighted by atomic mass is 9.86. The third kappa shape index (κ3) is 40.8. The Bertz CT molecular complexity index is 2650. The molecule has 17 heteroatoms. The first kappa shape index (κ1) is 98.2. The summed E-state index contributed by atoms with van der Waals surface area (Å²) < 4.78 is 5.98. The van der Waals surface area contributed by atoms with Crippen LogP contribution in [0.5, 0.6) is 5.75 Å². The van der Waals surface area contributed by atoms with E-state index in [0.29, 0.717) is 79.2 Å². The number of nitrogens with zero attached hydrogens (tertiary/aromatic N) is 2. The summed E-state index contributed by atoms with van der Waals surface area (Å²) in [6.07, 6.45) is 27.2. The summed E-state index contributed by atoms with van der Waals surface area (Å²) in [6.45, 7) is 51.5. The molecule has 0 saturated carbocycles. The van der Waals surface area contributed by atoms with Crippen LogP contribution in [0, 0.1) is 37.0 Å². The molecule has 0 spiro atoms. The van der Waals surface area contributed by atoms with Gasteiger partial charge in [0.15, 0.2) is 11.5 Å². The van der Waals surface area contributed by atoms with Gasteiger partial charge in [-0.25, -0.2) is 15.9 Å². The highest BCUT2D eigenvalue weighted by Crippen LogP contribution is 2.51. The maximum Gasteiger partial charge on any atom is 0.290 e. The highest BCUT2D eigenvalue weighted by Gasteiger charge is 2.51. The molecule has 558 valence electrons. The zero-order valence-electron chi connectivity index (χ0n) is 65.6. The molecule has 16 nitrogen and oxygen atoms in total. The number of terminal acetylenes is 1. The number of hydrogen-bond acceptors (Lipinski definition) is 16. The molecule has 6 rings (SSSR count). The van der Waals surface area contributed by atoms with E-state index in [9.17, 15) is 9.59 Å². The molecule has 2 saturated heterocycles. The SMILES string of the molecule is C#C.C=C=C(C)CCC(C)C(=O)CCC.CC.CC.CC.CC/C=C(/CCCCCCCC)N(CCOCCNc1cccc(C(=O)CCC)c1C)OOc1ccc(NC)cc1.CC1=C(C)C2C(c3ccc(N)cc3)NC(C)C3NNC(C)N3C2S1.CC=O.CCC(C)(C)C.O=CO. The second-order valence-electron chi connectivity index (χ2n) is 24.4. The molecule has 7 unspecified atom stereocenters. The van der Waals surface area contributed by atoms with Crippen molar-refractivity contribution in [3.8, 4) is 18.6 Å². The molecule has 98 heavy (non-hydrogen) atoms. The number of anilines is 3. The summed E-state index contributed by atoms with van der Waals surface area (Å²) in [7, 11) is 1.89. The van der Waals surface area contributed by atoms with Crippen LogP contribution in [0.1, 0.15) is 269 Å². The monoisotopic (exact) mass is 1390 g/mol. The van der Waals surface area contributed by atoms with E-state index in [4.69, 9.17) is 35.0 Å². The van der Waals surface area contributed by atoms with Gasteiger partial charge in [-0.3, -0.25) is 19.3 Å². The Morgan fingerprint density at radius 1 is 0.837 bits per heavy atom. The van der Waals surface area contributed by atoms with Gasteiger partial charge in [-0.1, -0.05) is 190 Å². The standard InChI is InChI=1S/C34H53N3O4.C18H27N5S.C12H20O.C6H14.C2H4O.3C2H6.C2H2.CH2O2/c1-6-9-10-11-12-13-17-30(15-7-2)37(41-40-31-22-20-29(35-5)21-23-31)25-27-39-26-24-36-33-19-14-18-32(28(33)4)34(38)16-8-3;1-9-11(3)24-18-15(9)16(13-5-7-14(19)8-6-13)20-10(2)17-22-21-12(4)23(17)18;1-5-7-12(13)11(4)9-8-10(3)6-2;1-5-6(2,3)4;1-2-3;4*1-2;2-1-3/h14-15,18-23,35-36H,6-13,16-17,24-27H2,1-5H3;5-8,10,12,15-18,20-22H,19H2,1-4H3;11H,2,5,7-9H2,1,3-4H3;5H2,1-4H3;2H,1H3;3*1-2H3;1-2H;1H,(H,2,3)/b30-15-;;;;;;;;;. The first-order chi connectivity index (χ1) is 47.0. The first-order valence-electron chi connectivity index (χ1n) is 36.5. The molecule has 3 aromatic carbocycles. The van der Waals surface area contributed by atoms with Crippen LogP contribution in [0.15, 0.2) is 107 Å². The van der Waals surface area contributed by atoms with Crippen LogP contribution < -0.4 is 37.4 Å². The van der Waals surface area contributed by atoms with E-state index in [2.05, 4.69) is 144 Å². The number of carboxylic acid groups (broad SMARTS) is 1. The number of nitrogens with two attached hydrogens (primary N) is 1. The molecule has 8 N–H and O–H groups in total. The number of benzene rings is 3. The fourth-order valence-corrected chi connectivity index (χ4v) is 11.7. The number of fused-ring (bicyclic) bond motifs is 3. The number of thioether (sulfide) groups is 1. The highest BCUT2D eigenvalue weighted by atomic mass is 32.2. The summed E-state index contributed by atoms with van der Waals surface area (Å²) in [6, 6.07) is 22.5. The van der Waals surface area contributed by atoms with E-state index in [0.717, 1.165) is 97.1 Å². The average molecular weight is 1390 g/mol. The van der Waals surface area contributed by atoms with Crippen LogP contribution in [0.2, 0.25) is 0 Å². The fourth-order valence-electron chi connectivity index (χ4n) is 10.1. The number of allylic oxidation sites excluding steroid dienone is 4. The number of carbonyl (C=O) groups is 4. The van der Waals surface area contributed by atoms with Crippen molar-refractivity contribution in [2.45, 2.75) is 278 Å². The van der Waals surface area contributed by atoms with Crippen LogP contribution in [-0.2, 0) is 24.1 Å². The molecule has 0 aromatic heterocycles. The number of rotatable bonds is 30. The summed E-state index contributed by atoms with van der Waals surface area (Å²) in [5.74, 6) is 1.88. The number of hydrazine groups is 1. The second kappa shape index (κ2) is 61.9. The highest BCUT2D eigenvalue weighted by molar-refractivity contribution is 8.03. The van der Waals surface area contributed by atoms with Crippen molar-refractivity contribution in [2.24, 2.45) is 17.3 Å². The fraction of sp³-hybridized carbons (Fsp3) is 0.617. The van der Waals surface area contributed by atoms with E-state index < -0.39 is 0 Å². The number of aldehydes is 1. The molecular weight excluding hydrogens is 1250 g/mol. The maximum atomic E-state index is 12.4. The second-order valence-corrected chi connectivity index (χ2v) is 25.8. The van der Waals surface area contributed by atoms with Crippen LogP contribution in [0.25, 0.3) is 0 Å². The summed E-state index contributed by atoms with van der Waals surface area (Å²) >= 11 is 2.02. The molecule has 3 aromatic rings. The first-order valence-corrected chi connectivity index (χ1v) is 37.4. The van der Waals surface area contributed by atoms with Crippen LogP contribution in [0.4, 0.5) is 17.1 Å². The van der Waals surface area contributed by atoms with Crippen LogP contribution >= 0.6 is 11.8 Å². The van der Waals surface area contributed by atoms with Gasteiger partial charge in [0.1, 0.15) is 12.1 Å². The number of hydrogen-bond donors (Lipinski definition) is 7. The minimum absolute atomic E-state index is 0.196. The van der Waals surface area contributed by atoms with Crippen LogP contribution in [-0.4, -0.2) is 96.5 Å². The zero-order valence-corrected chi connectivity index (χ0v) is 66.4. The number of unbranched alkanes of at least 4 members (excludes halogenated alkanes) is 5. The van der Waals surface area contributed by atoms with Crippen molar-refractivity contribution in [3.63, 3.8) is 0 Å². The third-order valence-corrected chi connectivity index (χ3v) is 17.6. The van der Waals surface area contributed by atoms with E-state index in [1.165, 1.54) is 61.5 Å². The molecule has 3 aliphatic heterocycles. The topological polar surface area (TPSA) is 209 Å². The molecule has 3 aliphatic rings. The van der Waals surface area contributed by atoms with Gasteiger partial charge in [-0.2, -0.15) is 0 Å². The minimum Gasteiger partial charge on any atom is -0.483 e. The Hall–Kier alpha value is -6.19. The lowest BCUT2D eigenvalue weighted by Gasteiger charge is -2.35. The molecule has 0 aliphatic carbocycles. The minimum atomic E-state index is -0.250. The predicted octanol–water partition coefficient (Wildman–Crippen LogP) is 20.3. The molecule has 3 heterocycles. The lowest BCUT2D eigenvalue weighted by Crippen LogP contribution is -2.51. The Morgan fingerprint density at radius 3 is 1.94 bits per heavy atom. The summed E-state index contributed by atoms with van der Waals surface area (Å²) in [5, 5.41) is 19.6. The summed E-state index contributed by atoms with van der Waals surface area (Å²) in [4.78, 5) is 56.6. The van der Waals surface area contributed by atoms with E-state index in [1.54, 1.807) is 0 Å². The Balaban J connectivity index is -0.000000649.